The van der Waals surface area contributed by atoms with Gasteiger partial charge in [-0.3, -0.25) is 9.69 Å². The Hall–Kier alpha value is -1.70. The Balaban J connectivity index is 1.22. The van der Waals surface area contributed by atoms with Gasteiger partial charge in [-0.1, -0.05) is 17.4 Å². The number of piperidine rings is 1. The number of fused-ring (bicyclic) bond motifs is 1. The first-order valence-corrected chi connectivity index (χ1v) is 11.6. The summed E-state index contributed by atoms with van der Waals surface area (Å²) in [7, 11) is 0. The molecule has 0 saturated carbocycles. The summed E-state index contributed by atoms with van der Waals surface area (Å²) in [6.07, 6.45) is 2.82. The van der Waals surface area contributed by atoms with Crippen LogP contribution < -0.4 is 10.2 Å². The minimum Gasteiger partial charge on any atom is -0.379 e. The first-order chi connectivity index (χ1) is 14.1. The minimum atomic E-state index is 0.132. The monoisotopic (exact) mass is 416 g/mol. The molecule has 2 saturated heterocycles. The molecule has 2 fully saturated rings. The summed E-state index contributed by atoms with van der Waals surface area (Å²) in [5.74, 6) is 0.357. The summed E-state index contributed by atoms with van der Waals surface area (Å²) in [5, 5.41) is 4.25. The number of anilines is 1. The minimum absolute atomic E-state index is 0.132. The average Bonchev–Trinajstić information content (AvgIpc) is 3.16. The smallest absolute Gasteiger partial charge is 0.223 e. The van der Waals surface area contributed by atoms with E-state index in [9.17, 15) is 4.79 Å². The van der Waals surface area contributed by atoms with Gasteiger partial charge in [0.2, 0.25) is 5.91 Å². The summed E-state index contributed by atoms with van der Waals surface area (Å²) >= 11 is 1.77. The second kappa shape index (κ2) is 9.41. The third-order valence-corrected chi connectivity index (χ3v) is 7.07. The maximum absolute atomic E-state index is 12.5. The van der Waals surface area contributed by atoms with E-state index < -0.39 is 0 Å². The second-order valence-corrected chi connectivity index (χ2v) is 9.29. The molecule has 6 nitrogen and oxygen atoms in total. The molecule has 1 N–H and O–H groups in total. The molecule has 7 heteroatoms. The van der Waals surface area contributed by atoms with Gasteiger partial charge in [0.25, 0.3) is 0 Å². The van der Waals surface area contributed by atoms with Crippen LogP contribution in [0.4, 0.5) is 5.13 Å². The first-order valence-electron chi connectivity index (χ1n) is 10.8. The molecule has 0 radical (unpaired) electrons. The van der Waals surface area contributed by atoms with Gasteiger partial charge in [0.15, 0.2) is 5.13 Å². The van der Waals surface area contributed by atoms with Gasteiger partial charge in [0, 0.05) is 38.6 Å². The van der Waals surface area contributed by atoms with Crippen molar-refractivity contribution in [3.63, 3.8) is 0 Å². The molecule has 2 aromatic rings. The number of carbonyl (C=O) groups is 1. The molecule has 2 aliphatic heterocycles. The lowest BCUT2D eigenvalue weighted by atomic mass is 9.96. The van der Waals surface area contributed by atoms with E-state index in [-0.39, 0.29) is 11.8 Å². The lowest BCUT2D eigenvalue weighted by molar-refractivity contribution is -0.125. The molecular formula is C22H32N4O2S. The number of benzene rings is 1. The fourth-order valence-electron chi connectivity index (χ4n) is 4.31. The van der Waals surface area contributed by atoms with Crippen LogP contribution in [0.15, 0.2) is 12.1 Å². The van der Waals surface area contributed by atoms with E-state index in [0.717, 1.165) is 82.4 Å². The van der Waals surface area contributed by atoms with Crippen molar-refractivity contribution in [3.8, 4) is 0 Å². The molecule has 29 heavy (non-hydrogen) atoms. The van der Waals surface area contributed by atoms with Crippen molar-refractivity contribution in [2.24, 2.45) is 5.92 Å². The molecule has 158 valence electrons. The first kappa shape index (κ1) is 20.6. The normalized spacial score (nSPS) is 19.0. The lowest BCUT2D eigenvalue weighted by Crippen LogP contribution is -2.41. The van der Waals surface area contributed by atoms with E-state index in [2.05, 4.69) is 41.1 Å². The number of aryl methyl sites for hydroxylation is 2. The number of hydrogen-bond donors (Lipinski definition) is 1. The maximum Gasteiger partial charge on any atom is 0.223 e. The number of hydrogen-bond acceptors (Lipinski definition) is 6. The third-order valence-electron chi connectivity index (χ3n) is 6.01. The zero-order chi connectivity index (χ0) is 20.2. The van der Waals surface area contributed by atoms with Gasteiger partial charge >= 0.3 is 0 Å². The zero-order valence-corrected chi connectivity index (χ0v) is 18.4. The Kier molecular flexibility index (Phi) is 6.67. The number of carbonyl (C=O) groups excluding carboxylic acids is 1. The van der Waals surface area contributed by atoms with Crippen molar-refractivity contribution in [3.05, 3.63) is 23.3 Å². The van der Waals surface area contributed by atoms with E-state index in [4.69, 9.17) is 9.72 Å². The van der Waals surface area contributed by atoms with Crippen molar-refractivity contribution < 1.29 is 9.53 Å². The molecule has 1 aromatic heterocycles. The fraction of sp³-hybridized carbons (Fsp3) is 0.636. The zero-order valence-electron chi connectivity index (χ0n) is 17.6. The van der Waals surface area contributed by atoms with Crippen molar-refractivity contribution >= 4 is 32.6 Å². The van der Waals surface area contributed by atoms with Gasteiger partial charge in [0.05, 0.1) is 23.4 Å². The van der Waals surface area contributed by atoms with Crippen LogP contribution in [0.25, 0.3) is 10.2 Å². The number of thiazole rings is 1. The van der Waals surface area contributed by atoms with Gasteiger partial charge in [-0.15, -0.1) is 0 Å². The van der Waals surface area contributed by atoms with Crippen LogP contribution in [-0.2, 0) is 9.53 Å². The highest BCUT2D eigenvalue weighted by Gasteiger charge is 2.26. The van der Waals surface area contributed by atoms with Crippen LogP contribution >= 0.6 is 11.3 Å². The molecule has 1 amide bonds. The highest BCUT2D eigenvalue weighted by molar-refractivity contribution is 7.22. The number of ether oxygens (including phenoxy) is 1. The molecule has 4 rings (SSSR count). The van der Waals surface area contributed by atoms with Crippen molar-refractivity contribution in [1.29, 1.82) is 0 Å². The molecule has 2 aliphatic rings. The van der Waals surface area contributed by atoms with Gasteiger partial charge in [-0.05, 0) is 56.8 Å². The Morgan fingerprint density at radius 1 is 1.21 bits per heavy atom. The number of rotatable bonds is 6. The molecule has 0 unspecified atom stereocenters. The summed E-state index contributed by atoms with van der Waals surface area (Å²) in [4.78, 5) is 22.2. The van der Waals surface area contributed by atoms with Gasteiger partial charge in [-0.2, -0.15) is 0 Å². The second-order valence-electron chi connectivity index (χ2n) is 8.28. The average molecular weight is 417 g/mol. The summed E-state index contributed by atoms with van der Waals surface area (Å²) in [6, 6.07) is 4.42. The number of amides is 1. The van der Waals surface area contributed by atoms with Crippen LogP contribution in [-0.4, -0.2) is 68.3 Å². The maximum atomic E-state index is 12.5. The Morgan fingerprint density at radius 2 is 1.97 bits per heavy atom. The Bertz CT molecular complexity index is 839. The highest BCUT2D eigenvalue weighted by atomic mass is 32.1. The number of morpholine rings is 1. The number of nitrogens with one attached hydrogen (secondary N) is 1. The highest BCUT2D eigenvalue weighted by Crippen LogP contribution is 2.33. The number of aromatic nitrogens is 1. The van der Waals surface area contributed by atoms with E-state index in [1.807, 2.05) is 0 Å². The molecule has 0 bridgehead atoms. The van der Waals surface area contributed by atoms with Crippen LogP contribution in [0.3, 0.4) is 0 Å². The molecular weight excluding hydrogens is 384 g/mol. The van der Waals surface area contributed by atoms with Gasteiger partial charge in [-0.25, -0.2) is 4.98 Å². The molecule has 0 atom stereocenters. The van der Waals surface area contributed by atoms with E-state index in [1.165, 1.54) is 15.8 Å². The standard InChI is InChI=1S/C22H32N4O2S/c1-16-14-17(2)20-19(15-16)29-22(24-20)26-8-4-18(5-9-26)21(27)23-6-3-7-25-10-12-28-13-11-25/h14-15,18H,3-13H2,1-2H3,(H,23,27). The van der Waals surface area contributed by atoms with Crippen molar-refractivity contribution in [2.75, 3.05) is 57.4 Å². The number of nitrogens with zero attached hydrogens (tertiary/aromatic N) is 3. The van der Waals surface area contributed by atoms with E-state index in [0.29, 0.717) is 0 Å². The Labute approximate surface area is 177 Å². The molecule has 1 aromatic carbocycles. The SMILES string of the molecule is Cc1cc(C)c2nc(N3CCC(C(=O)NCCCN4CCOCC4)CC3)sc2c1. The van der Waals surface area contributed by atoms with Crippen LogP contribution in [0.5, 0.6) is 0 Å². The van der Waals surface area contributed by atoms with Crippen LogP contribution in [0.1, 0.15) is 30.4 Å². The largest absolute Gasteiger partial charge is 0.379 e. The summed E-state index contributed by atoms with van der Waals surface area (Å²) in [6.45, 7) is 11.6. The van der Waals surface area contributed by atoms with Gasteiger partial charge < -0.3 is 15.0 Å². The topological polar surface area (TPSA) is 57.7 Å². The van der Waals surface area contributed by atoms with Gasteiger partial charge in [0.1, 0.15) is 0 Å². The molecule has 3 heterocycles. The summed E-state index contributed by atoms with van der Waals surface area (Å²) < 4.78 is 6.63. The predicted octanol–water partition coefficient (Wildman–Crippen LogP) is 2.97. The van der Waals surface area contributed by atoms with Crippen LogP contribution in [0.2, 0.25) is 0 Å². The fourth-order valence-corrected chi connectivity index (χ4v) is 5.50. The lowest BCUT2D eigenvalue weighted by Gasteiger charge is -2.31. The Morgan fingerprint density at radius 3 is 2.72 bits per heavy atom. The molecule has 0 spiro atoms. The third kappa shape index (κ3) is 5.08. The molecule has 0 aliphatic carbocycles. The van der Waals surface area contributed by atoms with Crippen molar-refractivity contribution in [2.45, 2.75) is 33.1 Å². The van der Waals surface area contributed by atoms with Crippen molar-refractivity contribution in [1.82, 2.24) is 15.2 Å². The summed E-state index contributed by atoms with van der Waals surface area (Å²) in [5.41, 5.74) is 3.65. The van der Waals surface area contributed by atoms with E-state index >= 15 is 0 Å². The predicted molar refractivity (Wildman–Crippen MR) is 119 cm³/mol. The van der Waals surface area contributed by atoms with E-state index in [1.54, 1.807) is 11.3 Å². The quantitative estimate of drug-likeness (QED) is 0.734. The van der Waals surface area contributed by atoms with Crippen LogP contribution in [0, 0.1) is 19.8 Å².